The average molecular weight is 287 g/mol. The molecular formula is C9H7BrN2S2. The van der Waals surface area contributed by atoms with Crippen molar-refractivity contribution >= 4 is 39.0 Å². The number of aromatic nitrogens is 2. The predicted octanol–water partition coefficient (Wildman–Crippen LogP) is 3.59. The zero-order chi connectivity index (χ0) is 9.80. The Bertz CT molecular complexity index is 402. The standard InChI is InChI=1S/C9H7BrN2S2/c10-8-3-2-7(14-8)6-13-9-11-4-1-5-12-9/h1-5H,6H2. The molecule has 0 radical (unpaired) electrons. The van der Waals surface area contributed by atoms with Gasteiger partial charge in [-0.15, -0.1) is 11.3 Å². The van der Waals surface area contributed by atoms with Gasteiger partial charge in [0, 0.05) is 23.0 Å². The van der Waals surface area contributed by atoms with E-state index in [0.29, 0.717) is 0 Å². The Morgan fingerprint density at radius 3 is 2.71 bits per heavy atom. The first-order valence-corrected chi connectivity index (χ1v) is 6.58. The molecule has 2 nitrogen and oxygen atoms in total. The molecule has 2 aromatic rings. The van der Waals surface area contributed by atoms with Gasteiger partial charge in [-0.25, -0.2) is 9.97 Å². The lowest BCUT2D eigenvalue weighted by atomic mass is 10.5. The monoisotopic (exact) mass is 286 g/mol. The number of halogens is 1. The van der Waals surface area contributed by atoms with Crippen molar-refractivity contribution < 1.29 is 0 Å². The van der Waals surface area contributed by atoms with Crippen LogP contribution in [0.2, 0.25) is 0 Å². The quantitative estimate of drug-likeness (QED) is 0.637. The maximum Gasteiger partial charge on any atom is 0.187 e. The van der Waals surface area contributed by atoms with Crippen LogP contribution in [0.15, 0.2) is 39.5 Å². The van der Waals surface area contributed by atoms with E-state index in [0.717, 1.165) is 10.9 Å². The molecule has 0 aromatic carbocycles. The maximum absolute atomic E-state index is 4.15. The highest BCUT2D eigenvalue weighted by Crippen LogP contribution is 2.27. The van der Waals surface area contributed by atoms with Crippen LogP contribution in [-0.4, -0.2) is 9.97 Å². The Hall–Kier alpha value is -0.390. The van der Waals surface area contributed by atoms with Crippen LogP contribution in [0.3, 0.4) is 0 Å². The van der Waals surface area contributed by atoms with Gasteiger partial charge < -0.3 is 0 Å². The van der Waals surface area contributed by atoms with Crippen LogP contribution >= 0.6 is 39.0 Å². The summed E-state index contributed by atoms with van der Waals surface area (Å²) >= 11 is 6.84. The number of thiophene rings is 1. The van der Waals surface area contributed by atoms with E-state index in [1.54, 1.807) is 35.5 Å². The molecular weight excluding hydrogens is 280 g/mol. The predicted molar refractivity (Wildman–Crippen MR) is 63.6 cm³/mol. The van der Waals surface area contributed by atoms with Gasteiger partial charge in [-0.05, 0) is 34.1 Å². The highest BCUT2D eigenvalue weighted by molar-refractivity contribution is 9.11. The molecule has 0 aliphatic heterocycles. The van der Waals surface area contributed by atoms with Crippen molar-refractivity contribution in [2.24, 2.45) is 0 Å². The van der Waals surface area contributed by atoms with E-state index < -0.39 is 0 Å². The Balaban J connectivity index is 1.95. The number of nitrogens with zero attached hydrogens (tertiary/aromatic N) is 2. The fourth-order valence-corrected chi connectivity index (χ4v) is 3.25. The van der Waals surface area contributed by atoms with Crippen LogP contribution in [-0.2, 0) is 5.75 Å². The summed E-state index contributed by atoms with van der Waals surface area (Å²) in [5.41, 5.74) is 0. The van der Waals surface area contributed by atoms with Crippen molar-refractivity contribution in [2.45, 2.75) is 10.9 Å². The van der Waals surface area contributed by atoms with Crippen molar-refractivity contribution in [2.75, 3.05) is 0 Å². The van der Waals surface area contributed by atoms with Crippen molar-refractivity contribution in [1.29, 1.82) is 0 Å². The molecule has 0 unspecified atom stereocenters. The lowest BCUT2D eigenvalue weighted by Crippen LogP contribution is -1.83. The zero-order valence-electron chi connectivity index (χ0n) is 7.18. The fraction of sp³-hybridized carbons (Fsp3) is 0.111. The Kier molecular flexibility index (Phi) is 3.55. The second kappa shape index (κ2) is 4.91. The topological polar surface area (TPSA) is 25.8 Å². The second-order valence-corrected chi connectivity index (χ2v) is 6.02. The summed E-state index contributed by atoms with van der Waals surface area (Å²) in [7, 11) is 0. The molecule has 2 aromatic heterocycles. The first kappa shape index (κ1) is 10.1. The molecule has 0 saturated heterocycles. The first-order chi connectivity index (χ1) is 6.84. The summed E-state index contributed by atoms with van der Waals surface area (Å²) in [6.45, 7) is 0. The molecule has 72 valence electrons. The van der Waals surface area contributed by atoms with E-state index >= 15 is 0 Å². The minimum atomic E-state index is 0.831. The Morgan fingerprint density at radius 1 is 1.29 bits per heavy atom. The van der Waals surface area contributed by atoms with Gasteiger partial charge in [0.05, 0.1) is 3.79 Å². The Morgan fingerprint density at radius 2 is 2.07 bits per heavy atom. The molecule has 0 atom stereocenters. The molecule has 0 aliphatic rings. The van der Waals surface area contributed by atoms with Crippen LogP contribution in [0, 0.1) is 0 Å². The minimum absolute atomic E-state index is 0.831. The molecule has 0 spiro atoms. The molecule has 0 amide bonds. The van der Waals surface area contributed by atoms with Crippen LogP contribution < -0.4 is 0 Å². The van der Waals surface area contributed by atoms with Crippen LogP contribution in [0.1, 0.15) is 4.88 Å². The summed E-state index contributed by atoms with van der Waals surface area (Å²) in [4.78, 5) is 9.62. The van der Waals surface area contributed by atoms with E-state index in [4.69, 9.17) is 0 Å². The van der Waals surface area contributed by atoms with Crippen LogP contribution in [0.25, 0.3) is 0 Å². The zero-order valence-corrected chi connectivity index (χ0v) is 10.4. The van der Waals surface area contributed by atoms with Crippen LogP contribution in [0.4, 0.5) is 0 Å². The number of hydrogen-bond acceptors (Lipinski definition) is 4. The lowest BCUT2D eigenvalue weighted by molar-refractivity contribution is 0.967. The van der Waals surface area contributed by atoms with E-state index in [-0.39, 0.29) is 0 Å². The lowest BCUT2D eigenvalue weighted by Gasteiger charge is -1.95. The molecule has 0 N–H and O–H groups in total. The summed E-state index contributed by atoms with van der Waals surface area (Å²) in [6.07, 6.45) is 3.53. The summed E-state index contributed by atoms with van der Waals surface area (Å²) in [5.74, 6) is 0.931. The number of hydrogen-bond donors (Lipinski definition) is 0. The third-order valence-electron chi connectivity index (χ3n) is 1.51. The molecule has 0 bridgehead atoms. The Labute approximate surface area is 98.9 Å². The smallest absolute Gasteiger partial charge is 0.187 e. The fourth-order valence-electron chi connectivity index (χ4n) is 0.925. The van der Waals surface area contributed by atoms with Gasteiger partial charge in [0.1, 0.15) is 0 Å². The van der Waals surface area contributed by atoms with Gasteiger partial charge in [-0.1, -0.05) is 11.8 Å². The number of rotatable bonds is 3. The molecule has 14 heavy (non-hydrogen) atoms. The molecule has 0 aliphatic carbocycles. The van der Waals surface area contributed by atoms with Gasteiger partial charge in [0.15, 0.2) is 5.16 Å². The van der Waals surface area contributed by atoms with Gasteiger partial charge >= 0.3 is 0 Å². The largest absolute Gasteiger partial charge is 0.231 e. The first-order valence-electron chi connectivity index (χ1n) is 3.98. The summed E-state index contributed by atoms with van der Waals surface area (Å²) < 4.78 is 1.17. The van der Waals surface area contributed by atoms with E-state index in [1.165, 1.54) is 8.66 Å². The highest BCUT2D eigenvalue weighted by atomic mass is 79.9. The third kappa shape index (κ3) is 2.80. The molecule has 2 rings (SSSR count). The second-order valence-electron chi connectivity index (χ2n) is 2.53. The summed E-state index contributed by atoms with van der Waals surface area (Å²) in [5, 5.41) is 0.831. The van der Waals surface area contributed by atoms with Gasteiger partial charge in [-0.3, -0.25) is 0 Å². The van der Waals surface area contributed by atoms with Gasteiger partial charge in [0.2, 0.25) is 0 Å². The molecule has 2 heterocycles. The van der Waals surface area contributed by atoms with E-state index in [2.05, 4.69) is 38.0 Å². The van der Waals surface area contributed by atoms with Crippen molar-refractivity contribution in [3.63, 3.8) is 0 Å². The summed E-state index contributed by atoms with van der Waals surface area (Å²) in [6, 6.07) is 6.00. The highest BCUT2D eigenvalue weighted by Gasteiger charge is 2.00. The van der Waals surface area contributed by atoms with Gasteiger partial charge in [-0.2, -0.15) is 0 Å². The molecule has 5 heteroatoms. The van der Waals surface area contributed by atoms with Crippen LogP contribution in [0.5, 0.6) is 0 Å². The number of thioether (sulfide) groups is 1. The average Bonchev–Trinajstić information content (AvgIpc) is 2.63. The van der Waals surface area contributed by atoms with Gasteiger partial charge in [0.25, 0.3) is 0 Å². The SMILES string of the molecule is Brc1ccc(CSc2ncccn2)s1. The van der Waals surface area contributed by atoms with Crippen molar-refractivity contribution in [1.82, 2.24) is 9.97 Å². The third-order valence-corrected chi connectivity index (χ3v) is 4.25. The van der Waals surface area contributed by atoms with E-state index in [1.807, 2.05) is 6.07 Å². The molecule has 0 fully saturated rings. The minimum Gasteiger partial charge on any atom is -0.231 e. The van der Waals surface area contributed by atoms with E-state index in [9.17, 15) is 0 Å². The van der Waals surface area contributed by atoms with Crippen molar-refractivity contribution in [3.8, 4) is 0 Å². The van der Waals surface area contributed by atoms with Crippen molar-refractivity contribution in [3.05, 3.63) is 39.3 Å². The normalized spacial score (nSPS) is 10.4. The molecule has 0 saturated carbocycles. The maximum atomic E-state index is 4.15.